The predicted molar refractivity (Wildman–Crippen MR) is 89.0 cm³/mol. The number of carbonyl (C=O) groups is 3. The molecule has 25 heavy (non-hydrogen) atoms. The number of carboxylic acids is 2. The highest BCUT2D eigenvalue weighted by Crippen LogP contribution is 2.18. The van der Waals surface area contributed by atoms with E-state index in [1.807, 2.05) is 0 Å². The monoisotopic (exact) mass is 392 g/mol. The molecule has 11 heteroatoms. The molecule has 0 atom stereocenters. The standard InChI is InChI=1S/C12H15ClN2O3S.C2H2O4/c1-19(17,18)15-8-6-14(7-9-15)12(16)10-4-2-3-5-11(10)13;3-1(4)2(5)6/h2-5H,6-9H2,1H3;(H,3,4)(H,5,6). The third-order valence-electron chi connectivity index (χ3n) is 3.28. The van der Waals surface area contributed by atoms with Crippen molar-refractivity contribution in [1.82, 2.24) is 9.21 Å². The van der Waals surface area contributed by atoms with Crippen molar-refractivity contribution in [3.05, 3.63) is 34.9 Å². The summed E-state index contributed by atoms with van der Waals surface area (Å²) in [7, 11) is -3.18. The van der Waals surface area contributed by atoms with Crippen LogP contribution in [-0.2, 0) is 19.6 Å². The van der Waals surface area contributed by atoms with Crippen molar-refractivity contribution in [2.45, 2.75) is 0 Å². The molecule has 1 heterocycles. The van der Waals surface area contributed by atoms with Crippen LogP contribution in [0.1, 0.15) is 10.4 Å². The summed E-state index contributed by atoms with van der Waals surface area (Å²) in [5.41, 5.74) is 0.456. The Hall–Kier alpha value is -2.17. The first-order chi connectivity index (χ1) is 11.5. The van der Waals surface area contributed by atoms with Gasteiger partial charge in [-0.2, -0.15) is 4.31 Å². The SMILES string of the molecule is CS(=O)(=O)N1CCN(C(=O)c2ccccc2Cl)CC1.O=C(O)C(=O)O. The lowest BCUT2D eigenvalue weighted by atomic mass is 10.2. The van der Waals surface area contributed by atoms with Crippen LogP contribution in [0.25, 0.3) is 0 Å². The fourth-order valence-corrected chi connectivity index (χ4v) is 3.07. The average Bonchev–Trinajstić information content (AvgIpc) is 2.54. The number of piperazine rings is 1. The van der Waals surface area contributed by atoms with Crippen LogP contribution >= 0.6 is 11.6 Å². The van der Waals surface area contributed by atoms with Gasteiger partial charge in [-0.05, 0) is 12.1 Å². The van der Waals surface area contributed by atoms with Crippen molar-refractivity contribution in [2.24, 2.45) is 0 Å². The molecule has 1 aromatic carbocycles. The molecule has 138 valence electrons. The van der Waals surface area contributed by atoms with Gasteiger partial charge >= 0.3 is 11.9 Å². The third kappa shape index (κ3) is 6.33. The third-order valence-corrected chi connectivity index (χ3v) is 4.91. The van der Waals surface area contributed by atoms with Crippen molar-refractivity contribution >= 4 is 39.5 Å². The maximum Gasteiger partial charge on any atom is 0.414 e. The number of carboxylic acid groups (broad SMARTS) is 2. The van der Waals surface area contributed by atoms with E-state index in [0.29, 0.717) is 36.8 Å². The van der Waals surface area contributed by atoms with Gasteiger partial charge in [0.05, 0.1) is 16.8 Å². The summed E-state index contributed by atoms with van der Waals surface area (Å²) in [4.78, 5) is 32.1. The van der Waals surface area contributed by atoms with E-state index < -0.39 is 22.0 Å². The summed E-state index contributed by atoms with van der Waals surface area (Å²) in [5, 5.41) is 15.2. The highest BCUT2D eigenvalue weighted by molar-refractivity contribution is 7.88. The molecule has 0 spiro atoms. The Morgan fingerprint density at radius 2 is 1.48 bits per heavy atom. The Morgan fingerprint density at radius 3 is 1.88 bits per heavy atom. The van der Waals surface area contributed by atoms with Crippen LogP contribution in [0.15, 0.2) is 24.3 Å². The van der Waals surface area contributed by atoms with Gasteiger partial charge in [0.1, 0.15) is 0 Å². The van der Waals surface area contributed by atoms with Gasteiger partial charge in [0.25, 0.3) is 5.91 Å². The molecule has 0 aromatic heterocycles. The zero-order valence-electron chi connectivity index (χ0n) is 13.3. The smallest absolute Gasteiger partial charge is 0.414 e. The number of benzene rings is 1. The first-order valence-electron chi connectivity index (χ1n) is 6.99. The molecule has 0 aliphatic carbocycles. The van der Waals surface area contributed by atoms with Crippen LogP contribution in [0.4, 0.5) is 0 Å². The van der Waals surface area contributed by atoms with Crippen LogP contribution < -0.4 is 0 Å². The van der Waals surface area contributed by atoms with E-state index in [4.69, 9.17) is 31.4 Å². The first-order valence-corrected chi connectivity index (χ1v) is 9.21. The number of aliphatic carboxylic acids is 2. The number of amides is 1. The Balaban J connectivity index is 0.000000450. The summed E-state index contributed by atoms with van der Waals surface area (Å²) >= 11 is 5.99. The summed E-state index contributed by atoms with van der Waals surface area (Å²) in [6.07, 6.45) is 1.18. The van der Waals surface area contributed by atoms with Gasteiger partial charge in [0.2, 0.25) is 10.0 Å². The van der Waals surface area contributed by atoms with Crippen molar-refractivity contribution < 1.29 is 33.0 Å². The number of sulfonamides is 1. The summed E-state index contributed by atoms with van der Waals surface area (Å²) in [5.74, 6) is -3.80. The topological polar surface area (TPSA) is 132 Å². The van der Waals surface area contributed by atoms with Gasteiger partial charge < -0.3 is 15.1 Å². The molecule has 1 aliphatic heterocycles. The maximum absolute atomic E-state index is 12.3. The van der Waals surface area contributed by atoms with Crippen LogP contribution in [0.2, 0.25) is 5.02 Å². The first kappa shape index (κ1) is 20.9. The molecule has 1 aromatic rings. The van der Waals surface area contributed by atoms with Crippen LogP contribution in [0.5, 0.6) is 0 Å². The molecule has 9 nitrogen and oxygen atoms in total. The van der Waals surface area contributed by atoms with Gasteiger partial charge in [-0.15, -0.1) is 0 Å². The van der Waals surface area contributed by atoms with Crippen molar-refractivity contribution in [1.29, 1.82) is 0 Å². The van der Waals surface area contributed by atoms with Crippen molar-refractivity contribution in [2.75, 3.05) is 32.4 Å². The molecular weight excluding hydrogens is 376 g/mol. The highest BCUT2D eigenvalue weighted by atomic mass is 35.5. The zero-order valence-corrected chi connectivity index (χ0v) is 14.8. The Morgan fingerprint density at radius 1 is 1.00 bits per heavy atom. The Bertz CT molecular complexity index is 746. The molecule has 1 aliphatic rings. The lowest BCUT2D eigenvalue weighted by Gasteiger charge is -2.33. The van der Waals surface area contributed by atoms with E-state index in [-0.39, 0.29) is 5.91 Å². The second kappa shape index (κ2) is 8.79. The second-order valence-electron chi connectivity index (χ2n) is 5.04. The zero-order chi connectivity index (χ0) is 19.2. The number of carbonyl (C=O) groups excluding carboxylic acids is 1. The minimum atomic E-state index is -3.18. The number of hydrogen-bond donors (Lipinski definition) is 2. The lowest BCUT2D eigenvalue weighted by molar-refractivity contribution is -0.159. The Labute approximate surface area is 149 Å². The fourth-order valence-electron chi connectivity index (χ4n) is 2.03. The molecule has 1 saturated heterocycles. The second-order valence-corrected chi connectivity index (χ2v) is 7.43. The molecule has 0 unspecified atom stereocenters. The minimum absolute atomic E-state index is 0.154. The van der Waals surface area contributed by atoms with E-state index in [1.165, 1.54) is 10.6 Å². The molecule has 1 fully saturated rings. The maximum atomic E-state index is 12.3. The van der Waals surface area contributed by atoms with Gasteiger partial charge in [0, 0.05) is 26.2 Å². The van der Waals surface area contributed by atoms with Crippen LogP contribution in [-0.4, -0.2) is 78.1 Å². The van der Waals surface area contributed by atoms with Gasteiger partial charge in [-0.1, -0.05) is 23.7 Å². The molecule has 0 bridgehead atoms. The fraction of sp³-hybridized carbons (Fsp3) is 0.357. The summed E-state index contributed by atoms with van der Waals surface area (Å²) in [6, 6.07) is 6.86. The van der Waals surface area contributed by atoms with Gasteiger partial charge in [-0.3, -0.25) is 4.79 Å². The van der Waals surface area contributed by atoms with E-state index in [0.717, 1.165) is 0 Å². The van der Waals surface area contributed by atoms with E-state index in [9.17, 15) is 13.2 Å². The van der Waals surface area contributed by atoms with Crippen molar-refractivity contribution in [3.8, 4) is 0 Å². The van der Waals surface area contributed by atoms with E-state index in [2.05, 4.69) is 0 Å². The van der Waals surface area contributed by atoms with Crippen LogP contribution in [0, 0.1) is 0 Å². The molecule has 1 amide bonds. The largest absolute Gasteiger partial charge is 0.473 e. The summed E-state index contributed by atoms with van der Waals surface area (Å²) in [6.45, 7) is 1.43. The molecule has 0 saturated carbocycles. The quantitative estimate of drug-likeness (QED) is 0.687. The Kier molecular flexibility index (Phi) is 7.34. The number of halogens is 1. The molecular formula is C14H17ClN2O7S. The number of hydrogen-bond acceptors (Lipinski definition) is 5. The minimum Gasteiger partial charge on any atom is -0.473 e. The lowest BCUT2D eigenvalue weighted by Crippen LogP contribution is -2.50. The normalized spacial score (nSPS) is 15.0. The molecule has 0 radical (unpaired) electrons. The number of rotatable bonds is 2. The molecule has 2 rings (SSSR count). The van der Waals surface area contributed by atoms with E-state index in [1.54, 1.807) is 29.2 Å². The van der Waals surface area contributed by atoms with Gasteiger partial charge in [0.15, 0.2) is 0 Å². The average molecular weight is 393 g/mol. The van der Waals surface area contributed by atoms with E-state index >= 15 is 0 Å². The van der Waals surface area contributed by atoms with Crippen LogP contribution in [0.3, 0.4) is 0 Å². The highest BCUT2D eigenvalue weighted by Gasteiger charge is 2.27. The number of nitrogens with zero attached hydrogens (tertiary/aromatic N) is 2. The predicted octanol–water partition coefficient (Wildman–Crippen LogP) is 0.213. The molecule has 2 N–H and O–H groups in total. The summed E-state index contributed by atoms with van der Waals surface area (Å²) < 4.78 is 24.2. The van der Waals surface area contributed by atoms with Gasteiger partial charge in [-0.25, -0.2) is 18.0 Å². The van der Waals surface area contributed by atoms with Crippen molar-refractivity contribution in [3.63, 3.8) is 0 Å².